The maximum atomic E-state index is 4.26. The van der Waals surface area contributed by atoms with E-state index in [1.807, 2.05) is 6.33 Å². The highest BCUT2D eigenvalue weighted by Gasteiger charge is 2.11. The minimum atomic E-state index is 0.592. The van der Waals surface area contributed by atoms with Crippen molar-refractivity contribution in [2.24, 2.45) is 5.92 Å². The van der Waals surface area contributed by atoms with Crippen LogP contribution in [0.15, 0.2) is 36.7 Å². The zero-order valence-corrected chi connectivity index (χ0v) is 11.3. The lowest BCUT2D eigenvalue weighted by molar-refractivity contribution is 0.525. The molecule has 0 fully saturated rings. The van der Waals surface area contributed by atoms with Crippen LogP contribution in [0.3, 0.4) is 0 Å². The van der Waals surface area contributed by atoms with Crippen molar-refractivity contribution >= 4 is 21.4 Å². The number of aromatic nitrogens is 3. The maximum absolute atomic E-state index is 4.26. The molecule has 3 nitrogen and oxygen atoms in total. The molecule has 0 aliphatic heterocycles. The summed E-state index contributed by atoms with van der Waals surface area (Å²) in [5.74, 6) is 1.57. The summed E-state index contributed by atoms with van der Waals surface area (Å²) in [4.78, 5) is 1.19. The van der Waals surface area contributed by atoms with Crippen LogP contribution in [-0.2, 0) is 6.54 Å². The molecule has 4 heteroatoms. The molecular formula is C14H15N3S. The second kappa shape index (κ2) is 4.53. The lowest BCUT2D eigenvalue weighted by Crippen LogP contribution is -2.04. The Morgan fingerprint density at radius 1 is 1.28 bits per heavy atom. The molecule has 0 saturated carbocycles. The Labute approximate surface area is 110 Å². The predicted octanol–water partition coefficient (Wildman–Crippen LogP) is 3.82. The molecule has 2 aromatic heterocycles. The van der Waals surface area contributed by atoms with Gasteiger partial charge < -0.3 is 4.57 Å². The number of nitrogens with zero attached hydrogens (tertiary/aromatic N) is 3. The van der Waals surface area contributed by atoms with E-state index in [4.69, 9.17) is 0 Å². The summed E-state index contributed by atoms with van der Waals surface area (Å²) < 4.78 is 3.43. The van der Waals surface area contributed by atoms with Crippen molar-refractivity contribution in [2.75, 3.05) is 0 Å². The van der Waals surface area contributed by atoms with Gasteiger partial charge in [0.05, 0.1) is 4.88 Å². The predicted molar refractivity (Wildman–Crippen MR) is 75.7 cm³/mol. The first kappa shape index (κ1) is 11.4. The quantitative estimate of drug-likeness (QED) is 0.714. The van der Waals surface area contributed by atoms with Gasteiger partial charge in [0.2, 0.25) is 0 Å². The van der Waals surface area contributed by atoms with E-state index < -0.39 is 0 Å². The van der Waals surface area contributed by atoms with Gasteiger partial charge in [-0.15, -0.1) is 21.5 Å². The smallest absolute Gasteiger partial charge is 0.173 e. The van der Waals surface area contributed by atoms with Gasteiger partial charge in [-0.05, 0) is 23.4 Å². The van der Waals surface area contributed by atoms with Gasteiger partial charge in [0.15, 0.2) is 5.82 Å². The third kappa shape index (κ3) is 2.04. The molecular weight excluding hydrogens is 242 g/mol. The third-order valence-corrected chi connectivity index (χ3v) is 3.94. The molecule has 0 unspecified atom stereocenters. The molecule has 3 rings (SSSR count). The number of rotatable bonds is 3. The molecule has 0 N–H and O–H groups in total. The lowest BCUT2D eigenvalue weighted by Gasteiger charge is -2.07. The van der Waals surface area contributed by atoms with Crippen molar-refractivity contribution in [3.8, 4) is 10.7 Å². The van der Waals surface area contributed by atoms with Gasteiger partial charge in [0.1, 0.15) is 6.33 Å². The van der Waals surface area contributed by atoms with Crippen LogP contribution < -0.4 is 0 Å². The summed E-state index contributed by atoms with van der Waals surface area (Å²) in [6.45, 7) is 5.36. The van der Waals surface area contributed by atoms with Crippen molar-refractivity contribution in [3.63, 3.8) is 0 Å². The van der Waals surface area contributed by atoms with Gasteiger partial charge >= 0.3 is 0 Å². The van der Waals surface area contributed by atoms with Gasteiger partial charge in [-0.25, -0.2) is 0 Å². The van der Waals surface area contributed by atoms with E-state index in [2.05, 4.69) is 58.9 Å². The van der Waals surface area contributed by atoms with Gasteiger partial charge in [-0.1, -0.05) is 32.0 Å². The summed E-state index contributed by atoms with van der Waals surface area (Å²) in [6, 6.07) is 10.6. The molecule has 3 aromatic rings. The Morgan fingerprint density at radius 3 is 2.89 bits per heavy atom. The first-order valence-corrected chi connectivity index (χ1v) is 6.92. The summed E-state index contributed by atoms with van der Waals surface area (Å²) >= 11 is 1.77. The number of thiophene rings is 1. The zero-order valence-electron chi connectivity index (χ0n) is 10.5. The Balaban J connectivity index is 2.06. The standard InChI is InChI=1S/C14H15N3S/c1-10(2)8-17-9-15-16-14(17)13-7-11-5-3-4-6-12(11)18-13/h3-7,9-10H,8H2,1-2H3. The first-order valence-electron chi connectivity index (χ1n) is 6.11. The number of hydrogen-bond acceptors (Lipinski definition) is 3. The highest BCUT2D eigenvalue weighted by molar-refractivity contribution is 7.22. The van der Waals surface area contributed by atoms with Crippen molar-refractivity contribution < 1.29 is 0 Å². The molecule has 0 aliphatic rings. The summed E-state index contributed by atoms with van der Waals surface area (Å²) in [5, 5.41) is 9.57. The average molecular weight is 257 g/mol. The second-order valence-corrected chi connectivity index (χ2v) is 5.93. The molecule has 0 aliphatic carbocycles. The molecule has 18 heavy (non-hydrogen) atoms. The van der Waals surface area contributed by atoms with Crippen LogP contribution in [0.5, 0.6) is 0 Å². The normalized spacial score (nSPS) is 11.5. The van der Waals surface area contributed by atoms with Crippen molar-refractivity contribution in [3.05, 3.63) is 36.7 Å². The Kier molecular flexibility index (Phi) is 2.88. The van der Waals surface area contributed by atoms with E-state index in [9.17, 15) is 0 Å². The largest absolute Gasteiger partial charge is 0.313 e. The molecule has 1 aromatic carbocycles. The van der Waals surface area contributed by atoms with E-state index in [0.717, 1.165) is 12.4 Å². The van der Waals surface area contributed by atoms with Crippen LogP contribution >= 0.6 is 11.3 Å². The molecule has 0 amide bonds. The molecule has 0 spiro atoms. The fraction of sp³-hybridized carbons (Fsp3) is 0.286. The Morgan fingerprint density at radius 2 is 2.11 bits per heavy atom. The molecule has 92 valence electrons. The van der Waals surface area contributed by atoms with Gasteiger partial charge in [-0.2, -0.15) is 0 Å². The van der Waals surface area contributed by atoms with Crippen LogP contribution in [0.1, 0.15) is 13.8 Å². The highest BCUT2D eigenvalue weighted by atomic mass is 32.1. The minimum absolute atomic E-state index is 0.592. The average Bonchev–Trinajstić information content (AvgIpc) is 2.93. The molecule has 0 bridgehead atoms. The molecule has 0 saturated heterocycles. The lowest BCUT2D eigenvalue weighted by atomic mass is 10.2. The number of fused-ring (bicyclic) bond motifs is 1. The van der Waals surface area contributed by atoms with Crippen molar-refractivity contribution in [1.29, 1.82) is 0 Å². The van der Waals surface area contributed by atoms with E-state index in [0.29, 0.717) is 5.92 Å². The van der Waals surface area contributed by atoms with Gasteiger partial charge in [-0.3, -0.25) is 0 Å². The van der Waals surface area contributed by atoms with E-state index in [1.54, 1.807) is 11.3 Å². The van der Waals surface area contributed by atoms with Crippen molar-refractivity contribution in [1.82, 2.24) is 14.8 Å². The fourth-order valence-corrected chi connectivity index (χ4v) is 3.13. The van der Waals surface area contributed by atoms with E-state index in [1.165, 1.54) is 15.0 Å². The van der Waals surface area contributed by atoms with E-state index in [-0.39, 0.29) is 0 Å². The second-order valence-electron chi connectivity index (χ2n) is 4.85. The summed E-state index contributed by atoms with van der Waals surface area (Å²) in [7, 11) is 0. The van der Waals surface area contributed by atoms with Crippen LogP contribution in [0.25, 0.3) is 20.8 Å². The first-order chi connectivity index (χ1) is 8.74. The van der Waals surface area contributed by atoms with Crippen molar-refractivity contribution in [2.45, 2.75) is 20.4 Å². The third-order valence-electron chi connectivity index (χ3n) is 2.82. The summed E-state index contributed by atoms with van der Waals surface area (Å²) in [6.07, 6.45) is 1.82. The summed E-state index contributed by atoms with van der Waals surface area (Å²) in [5.41, 5.74) is 0. The fourth-order valence-electron chi connectivity index (χ4n) is 2.06. The van der Waals surface area contributed by atoms with Gasteiger partial charge in [0, 0.05) is 11.2 Å². The Hall–Kier alpha value is -1.68. The SMILES string of the molecule is CC(C)Cn1cnnc1-c1cc2ccccc2s1. The van der Waals surface area contributed by atoms with E-state index >= 15 is 0 Å². The molecule has 2 heterocycles. The highest BCUT2D eigenvalue weighted by Crippen LogP contribution is 2.32. The number of benzene rings is 1. The monoisotopic (exact) mass is 257 g/mol. The van der Waals surface area contributed by atoms with Crippen LogP contribution in [0, 0.1) is 5.92 Å². The Bertz CT molecular complexity index is 633. The maximum Gasteiger partial charge on any atom is 0.173 e. The minimum Gasteiger partial charge on any atom is -0.313 e. The van der Waals surface area contributed by atoms with Gasteiger partial charge in [0.25, 0.3) is 0 Å². The number of hydrogen-bond donors (Lipinski definition) is 0. The zero-order chi connectivity index (χ0) is 12.5. The van der Waals surface area contributed by atoms with Crippen LogP contribution in [0.2, 0.25) is 0 Å². The molecule has 0 atom stereocenters. The topological polar surface area (TPSA) is 30.7 Å². The van der Waals surface area contributed by atoms with Crippen LogP contribution in [0.4, 0.5) is 0 Å². The van der Waals surface area contributed by atoms with Crippen LogP contribution in [-0.4, -0.2) is 14.8 Å². The molecule has 0 radical (unpaired) electrons.